The molecule has 0 spiro atoms. The van der Waals surface area contributed by atoms with E-state index in [9.17, 15) is 4.79 Å². The summed E-state index contributed by atoms with van der Waals surface area (Å²) < 4.78 is 0. The van der Waals surface area contributed by atoms with Gasteiger partial charge in [0.15, 0.2) is 0 Å². The summed E-state index contributed by atoms with van der Waals surface area (Å²) in [6.07, 6.45) is 15.2. The smallest absolute Gasteiger partial charge is 0.209 e. The van der Waals surface area contributed by atoms with Gasteiger partial charge in [-0.1, -0.05) is 45.4 Å². The SMILES string of the molecule is C[C@@H]([C@H]1CC[C@@]2(C)[C@@H]3CC[C@@H]4C(=CC3=CC[C@]12C)CC[C@H](N(C)C)C4(C)C)N(C)C=O. The third kappa shape index (κ3) is 3.28. The van der Waals surface area contributed by atoms with Crippen LogP contribution >= 0.6 is 0 Å². The number of carbonyl (C=O) groups is 1. The van der Waals surface area contributed by atoms with Crippen molar-refractivity contribution in [3.63, 3.8) is 0 Å². The fourth-order valence-corrected chi connectivity index (χ4v) is 8.84. The number of hydrogen-bond donors (Lipinski definition) is 0. The minimum atomic E-state index is 0.271. The molecule has 0 heterocycles. The molecule has 0 N–H and O–H groups in total. The van der Waals surface area contributed by atoms with E-state index in [0.717, 1.165) is 12.8 Å². The zero-order valence-electron chi connectivity index (χ0n) is 21.4. The lowest BCUT2D eigenvalue weighted by Gasteiger charge is -2.54. The first kappa shape index (κ1) is 23.1. The van der Waals surface area contributed by atoms with E-state index in [-0.39, 0.29) is 5.41 Å². The van der Waals surface area contributed by atoms with Crippen LogP contribution in [0.5, 0.6) is 0 Å². The number of rotatable bonds is 4. The van der Waals surface area contributed by atoms with E-state index in [2.05, 4.69) is 65.8 Å². The highest BCUT2D eigenvalue weighted by atomic mass is 16.1. The molecule has 2 fully saturated rings. The van der Waals surface area contributed by atoms with Gasteiger partial charge in [0.1, 0.15) is 0 Å². The number of allylic oxidation sites excluding steroid dienone is 4. The Bertz CT molecular complexity index is 780. The van der Waals surface area contributed by atoms with Crippen molar-refractivity contribution in [3.8, 4) is 0 Å². The molecule has 3 nitrogen and oxygen atoms in total. The summed E-state index contributed by atoms with van der Waals surface area (Å²) in [5, 5.41) is 0. The molecule has 1 amide bonds. The lowest BCUT2D eigenvalue weighted by molar-refractivity contribution is -0.121. The van der Waals surface area contributed by atoms with Crippen LogP contribution in [-0.4, -0.2) is 49.4 Å². The summed E-state index contributed by atoms with van der Waals surface area (Å²) in [7, 11) is 6.50. The Kier molecular flexibility index (Phi) is 5.77. The van der Waals surface area contributed by atoms with Gasteiger partial charge in [-0.05, 0) is 106 Å². The van der Waals surface area contributed by atoms with Crippen LogP contribution in [0.15, 0.2) is 23.3 Å². The lowest BCUT2D eigenvalue weighted by atomic mass is 9.51. The van der Waals surface area contributed by atoms with Crippen LogP contribution in [0.1, 0.15) is 79.6 Å². The predicted octanol–water partition coefficient (Wildman–Crippen LogP) is 5.92. The maximum absolute atomic E-state index is 11.5. The number of fused-ring (bicyclic) bond motifs is 4. The number of nitrogens with zero attached hydrogens (tertiary/aromatic N) is 2. The van der Waals surface area contributed by atoms with Crippen molar-refractivity contribution in [3.05, 3.63) is 23.3 Å². The standard InChI is InChI=1S/C28H46N2O/c1-19(30(8)18-31)22-14-16-28(5)24-11-10-23-20(17-21(24)13-15-27(22,28)4)9-12-25(29(6)7)26(23,2)3/h13,17-19,22-25H,9-12,14-16H2,1-8H3/t19-,22+,23+,24+,25-,27+,28-/m0/s1. The fourth-order valence-electron chi connectivity index (χ4n) is 8.84. The van der Waals surface area contributed by atoms with Gasteiger partial charge in [0.2, 0.25) is 6.41 Å². The molecule has 31 heavy (non-hydrogen) atoms. The van der Waals surface area contributed by atoms with E-state index >= 15 is 0 Å². The Balaban J connectivity index is 1.66. The number of carbonyl (C=O) groups excluding carboxylic acids is 1. The normalized spacial score (nSPS) is 42.5. The quantitative estimate of drug-likeness (QED) is 0.521. The second kappa shape index (κ2) is 7.75. The van der Waals surface area contributed by atoms with Crippen molar-refractivity contribution >= 4 is 6.41 Å². The van der Waals surface area contributed by atoms with Crippen LogP contribution in [-0.2, 0) is 4.79 Å². The molecule has 4 aliphatic carbocycles. The van der Waals surface area contributed by atoms with Gasteiger partial charge in [-0.25, -0.2) is 0 Å². The van der Waals surface area contributed by atoms with Gasteiger partial charge in [0, 0.05) is 19.1 Å². The van der Waals surface area contributed by atoms with Gasteiger partial charge < -0.3 is 9.80 Å². The number of amides is 1. The van der Waals surface area contributed by atoms with E-state index in [0.29, 0.717) is 40.7 Å². The van der Waals surface area contributed by atoms with Crippen LogP contribution in [0.2, 0.25) is 0 Å². The number of hydrogen-bond acceptors (Lipinski definition) is 2. The molecule has 0 aliphatic heterocycles. The van der Waals surface area contributed by atoms with Crippen LogP contribution in [0.3, 0.4) is 0 Å². The zero-order chi connectivity index (χ0) is 22.8. The fraction of sp³-hybridized carbons (Fsp3) is 0.821. The predicted molar refractivity (Wildman–Crippen MR) is 130 cm³/mol. The van der Waals surface area contributed by atoms with Crippen molar-refractivity contribution in [2.45, 2.75) is 91.6 Å². The monoisotopic (exact) mass is 426 g/mol. The highest BCUT2D eigenvalue weighted by Crippen LogP contribution is 2.68. The van der Waals surface area contributed by atoms with Gasteiger partial charge in [0.05, 0.1) is 0 Å². The lowest BCUT2D eigenvalue weighted by Crippen LogP contribution is -2.50. The van der Waals surface area contributed by atoms with Crippen LogP contribution in [0.25, 0.3) is 0 Å². The molecule has 0 aromatic rings. The third-order valence-corrected chi connectivity index (χ3v) is 11.1. The van der Waals surface area contributed by atoms with Crippen molar-refractivity contribution in [2.24, 2.45) is 34.0 Å². The van der Waals surface area contributed by atoms with Crippen LogP contribution in [0.4, 0.5) is 0 Å². The summed E-state index contributed by atoms with van der Waals surface area (Å²) in [6.45, 7) is 12.5. The van der Waals surface area contributed by atoms with Gasteiger partial charge in [-0.2, -0.15) is 0 Å². The van der Waals surface area contributed by atoms with Crippen LogP contribution < -0.4 is 0 Å². The summed E-state index contributed by atoms with van der Waals surface area (Å²) in [4.78, 5) is 15.9. The molecule has 0 aromatic carbocycles. The van der Waals surface area contributed by atoms with E-state index in [4.69, 9.17) is 0 Å². The summed E-state index contributed by atoms with van der Waals surface area (Å²) >= 11 is 0. The first-order chi connectivity index (χ1) is 14.5. The Labute approximate surface area is 191 Å². The van der Waals surface area contributed by atoms with E-state index in [1.807, 2.05) is 11.9 Å². The van der Waals surface area contributed by atoms with Gasteiger partial charge >= 0.3 is 0 Å². The summed E-state index contributed by atoms with van der Waals surface area (Å²) in [5.41, 5.74) is 4.30. The summed E-state index contributed by atoms with van der Waals surface area (Å²) in [5.74, 6) is 1.95. The second-order valence-corrected chi connectivity index (χ2v) is 12.6. The molecule has 0 radical (unpaired) electrons. The largest absolute Gasteiger partial charge is 0.345 e. The van der Waals surface area contributed by atoms with Gasteiger partial charge in [0.25, 0.3) is 0 Å². The topological polar surface area (TPSA) is 23.6 Å². The molecular weight excluding hydrogens is 380 g/mol. The highest BCUT2D eigenvalue weighted by Gasteiger charge is 2.61. The van der Waals surface area contributed by atoms with E-state index < -0.39 is 0 Å². The van der Waals surface area contributed by atoms with Gasteiger partial charge in [-0.3, -0.25) is 4.79 Å². The maximum Gasteiger partial charge on any atom is 0.209 e. The summed E-state index contributed by atoms with van der Waals surface area (Å²) in [6, 6.07) is 0.978. The highest BCUT2D eigenvalue weighted by molar-refractivity contribution is 5.47. The molecular formula is C28H46N2O. The first-order valence-electron chi connectivity index (χ1n) is 12.7. The van der Waals surface area contributed by atoms with Crippen molar-refractivity contribution in [1.82, 2.24) is 9.80 Å². The molecule has 4 rings (SSSR count). The van der Waals surface area contributed by atoms with Crippen molar-refractivity contribution in [1.29, 1.82) is 0 Å². The molecule has 0 bridgehead atoms. The molecule has 7 atom stereocenters. The molecule has 174 valence electrons. The molecule has 3 heteroatoms. The molecule has 0 unspecified atom stereocenters. The van der Waals surface area contributed by atoms with Crippen LogP contribution in [0, 0.1) is 34.0 Å². The van der Waals surface area contributed by atoms with Crippen molar-refractivity contribution in [2.75, 3.05) is 21.1 Å². The Hall–Kier alpha value is -1.09. The first-order valence-corrected chi connectivity index (χ1v) is 12.7. The molecule has 4 aliphatic rings. The molecule has 0 aromatic heterocycles. The van der Waals surface area contributed by atoms with Crippen molar-refractivity contribution < 1.29 is 4.79 Å². The Morgan fingerprint density at radius 2 is 1.68 bits per heavy atom. The van der Waals surface area contributed by atoms with Gasteiger partial charge in [-0.15, -0.1) is 0 Å². The second-order valence-electron chi connectivity index (χ2n) is 12.6. The molecule has 2 saturated carbocycles. The minimum Gasteiger partial charge on any atom is -0.345 e. The Morgan fingerprint density at radius 1 is 1.00 bits per heavy atom. The minimum absolute atomic E-state index is 0.271. The average molecular weight is 427 g/mol. The third-order valence-electron chi connectivity index (χ3n) is 11.1. The van der Waals surface area contributed by atoms with E-state index in [1.54, 1.807) is 11.1 Å². The Morgan fingerprint density at radius 3 is 2.32 bits per heavy atom. The molecule has 0 saturated heterocycles. The van der Waals surface area contributed by atoms with E-state index in [1.165, 1.54) is 38.5 Å². The average Bonchev–Trinajstić information content (AvgIpc) is 2.86. The zero-order valence-corrected chi connectivity index (χ0v) is 21.4. The maximum atomic E-state index is 11.5.